The van der Waals surface area contributed by atoms with Gasteiger partial charge in [-0.2, -0.15) is 4.31 Å². The molecule has 2 aromatic rings. The van der Waals surface area contributed by atoms with E-state index in [1.54, 1.807) is 28.6 Å². The maximum absolute atomic E-state index is 14.0. The van der Waals surface area contributed by atoms with Gasteiger partial charge in [-0.05, 0) is 38.0 Å². The zero-order chi connectivity index (χ0) is 21.2. The van der Waals surface area contributed by atoms with Crippen LogP contribution < -0.4 is 10.6 Å². The molecule has 0 aliphatic carbocycles. The van der Waals surface area contributed by atoms with Crippen molar-refractivity contribution in [2.75, 3.05) is 26.2 Å². The molecule has 1 spiro atoms. The van der Waals surface area contributed by atoms with Gasteiger partial charge in [0.15, 0.2) is 0 Å². The van der Waals surface area contributed by atoms with Gasteiger partial charge >= 0.3 is 0 Å². The van der Waals surface area contributed by atoms with Gasteiger partial charge < -0.3 is 10.6 Å². The summed E-state index contributed by atoms with van der Waals surface area (Å²) >= 11 is 0. The number of hydrogen-bond acceptors (Lipinski definition) is 5. The first-order valence-corrected chi connectivity index (χ1v) is 11.7. The van der Waals surface area contributed by atoms with Crippen molar-refractivity contribution in [1.29, 1.82) is 0 Å². The van der Waals surface area contributed by atoms with Crippen LogP contribution in [0.5, 0.6) is 0 Å². The van der Waals surface area contributed by atoms with Crippen molar-refractivity contribution in [3.8, 4) is 0 Å². The molecule has 0 unspecified atom stereocenters. The van der Waals surface area contributed by atoms with Crippen LogP contribution in [0.4, 0.5) is 4.39 Å². The van der Waals surface area contributed by atoms with Crippen molar-refractivity contribution in [2.45, 2.75) is 36.7 Å². The van der Waals surface area contributed by atoms with E-state index in [2.05, 4.69) is 15.6 Å². The van der Waals surface area contributed by atoms with E-state index in [9.17, 15) is 12.8 Å². The normalized spacial score (nSPS) is 19.5. The third-order valence-corrected chi connectivity index (χ3v) is 7.85. The lowest BCUT2D eigenvalue weighted by Gasteiger charge is -2.44. The molecule has 4 rings (SSSR count). The molecule has 0 aromatic heterocycles. The van der Waals surface area contributed by atoms with E-state index in [1.807, 2.05) is 25.1 Å². The molecule has 2 heterocycles. The Bertz CT molecular complexity index is 1030. The van der Waals surface area contributed by atoms with Crippen LogP contribution in [0.2, 0.25) is 0 Å². The second-order valence-electron chi connectivity index (χ2n) is 7.90. The molecule has 0 saturated carbocycles. The first-order valence-electron chi connectivity index (χ1n) is 10.2. The summed E-state index contributed by atoms with van der Waals surface area (Å²) in [6, 6.07) is 13.6. The molecule has 8 heteroatoms. The Balaban J connectivity index is 1.46. The highest BCUT2D eigenvalue weighted by Crippen LogP contribution is 2.29. The van der Waals surface area contributed by atoms with Crippen LogP contribution in [0.25, 0.3) is 0 Å². The quantitative estimate of drug-likeness (QED) is 0.782. The molecule has 2 aliphatic heterocycles. The minimum absolute atomic E-state index is 0.248. The van der Waals surface area contributed by atoms with Crippen molar-refractivity contribution in [3.63, 3.8) is 0 Å². The fourth-order valence-corrected chi connectivity index (χ4v) is 5.57. The standard InChI is InChI=1S/C22H27FN4O2S/c1-17-6-8-19(9-7-17)30(28,29)27-14-10-22(11-15-27)21(24-12-13-26-22)25-16-18-4-2-3-5-20(18)23/h2-9,26H,10-16H2,1H3,(H,24,25). The summed E-state index contributed by atoms with van der Waals surface area (Å²) in [5.74, 6) is 0.548. The van der Waals surface area contributed by atoms with Crippen molar-refractivity contribution in [3.05, 3.63) is 65.5 Å². The largest absolute Gasteiger partial charge is 0.368 e. The molecule has 2 aromatic carbocycles. The maximum atomic E-state index is 14.0. The number of piperidine rings is 1. The number of nitrogens with zero attached hydrogens (tertiary/aromatic N) is 2. The zero-order valence-corrected chi connectivity index (χ0v) is 17.9. The molecular weight excluding hydrogens is 403 g/mol. The lowest BCUT2D eigenvalue weighted by Crippen LogP contribution is -2.64. The number of aryl methyl sites for hydroxylation is 1. The lowest BCUT2D eigenvalue weighted by atomic mass is 9.85. The monoisotopic (exact) mass is 430 g/mol. The van der Waals surface area contributed by atoms with Crippen LogP contribution in [-0.4, -0.2) is 50.3 Å². The Morgan fingerprint density at radius 3 is 2.53 bits per heavy atom. The molecule has 2 aliphatic rings. The van der Waals surface area contributed by atoms with Gasteiger partial charge in [0.25, 0.3) is 0 Å². The van der Waals surface area contributed by atoms with E-state index in [4.69, 9.17) is 0 Å². The highest BCUT2D eigenvalue weighted by atomic mass is 32.2. The van der Waals surface area contributed by atoms with Gasteiger partial charge in [-0.3, -0.25) is 4.99 Å². The molecule has 160 valence electrons. The van der Waals surface area contributed by atoms with Crippen molar-refractivity contribution in [2.24, 2.45) is 4.99 Å². The molecule has 0 radical (unpaired) electrons. The summed E-state index contributed by atoms with van der Waals surface area (Å²) in [5, 5.41) is 6.86. The van der Waals surface area contributed by atoms with Gasteiger partial charge in [0.2, 0.25) is 10.0 Å². The van der Waals surface area contributed by atoms with Gasteiger partial charge in [0.1, 0.15) is 11.7 Å². The number of rotatable bonds is 4. The topological polar surface area (TPSA) is 73.8 Å². The molecule has 1 saturated heterocycles. The zero-order valence-electron chi connectivity index (χ0n) is 17.1. The van der Waals surface area contributed by atoms with E-state index < -0.39 is 15.6 Å². The first-order chi connectivity index (χ1) is 14.4. The van der Waals surface area contributed by atoms with E-state index >= 15 is 0 Å². The predicted molar refractivity (Wildman–Crippen MR) is 115 cm³/mol. The Hall–Kier alpha value is -2.29. The molecule has 2 N–H and O–H groups in total. The van der Waals surface area contributed by atoms with Crippen LogP contribution in [-0.2, 0) is 16.6 Å². The van der Waals surface area contributed by atoms with E-state index in [0.717, 1.165) is 17.9 Å². The summed E-state index contributed by atoms with van der Waals surface area (Å²) in [6.45, 7) is 4.49. The Kier molecular flexibility index (Phi) is 5.90. The average Bonchev–Trinajstić information content (AvgIpc) is 2.75. The third kappa shape index (κ3) is 4.12. The smallest absolute Gasteiger partial charge is 0.243 e. The molecule has 0 amide bonds. The van der Waals surface area contributed by atoms with Crippen molar-refractivity contribution >= 4 is 15.9 Å². The molecule has 0 bridgehead atoms. The highest BCUT2D eigenvalue weighted by molar-refractivity contribution is 7.89. The second-order valence-corrected chi connectivity index (χ2v) is 9.84. The molecule has 1 fully saturated rings. The summed E-state index contributed by atoms with van der Waals surface area (Å²) in [5.41, 5.74) is 1.21. The van der Waals surface area contributed by atoms with E-state index in [1.165, 1.54) is 6.07 Å². The van der Waals surface area contributed by atoms with Gasteiger partial charge in [-0.25, -0.2) is 12.8 Å². The number of sulfonamides is 1. The molecule has 0 atom stereocenters. The summed E-state index contributed by atoms with van der Waals surface area (Å²) < 4.78 is 41.6. The third-order valence-electron chi connectivity index (χ3n) is 5.94. The van der Waals surface area contributed by atoms with Crippen LogP contribution in [0.1, 0.15) is 24.0 Å². The molecular formula is C22H27FN4O2S. The summed E-state index contributed by atoms with van der Waals surface area (Å²) in [4.78, 5) is 4.98. The average molecular weight is 431 g/mol. The Morgan fingerprint density at radius 2 is 1.83 bits per heavy atom. The number of nitrogens with one attached hydrogen (secondary N) is 2. The minimum Gasteiger partial charge on any atom is -0.368 e. The number of amidine groups is 1. The lowest BCUT2D eigenvalue weighted by molar-refractivity contribution is 0.241. The summed E-state index contributed by atoms with van der Waals surface area (Å²) in [6.07, 6.45) is 1.22. The van der Waals surface area contributed by atoms with Crippen LogP contribution >= 0.6 is 0 Å². The molecule has 6 nitrogen and oxygen atoms in total. The van der Waals surface area contributed by atoms with Crippen molar-refractivity contribution in [1.82, 2.24) is 14.9 Å². The Morgan fingerprint density at radius 1 is 1.13 bits per heavy atom. The molecule has 30 heavy (non-hydrogen) atoms. The highest BCUT2D eigenvalue weighted by Gasteiger charge is 2.43. The number of hydrogen-bond donors (Lipinski definition) is 2. The van der Waals surface area contributed by atoms with Crippen LogP contribution in [0, 0.1) is 12.7 Å². The van der Waals surface area contributed by atoms with E-state index in [-0.39, 0.29) is 5.82 Å². The fraction of sp³-hybridized carbons (Fsp3) is 0.409. The van der Waals surface area contributed by atoms with Crippen LogP contribution in [0.15, 0.2) is 58.4 Å². The van der Waals surface area contributed by atoms with Gasteiger partial charge in [0, 0.05) is 31.7 Å². The van der Waals surface area contributed by atoms with Crippen molar-refractivity contribution < 1.29 is 12.8 Å². The SMILES string of the molecule is Cc1ccc(S(=O)(=O)N2CCC3(CC2)NCCN=C3NCc2ccccc2F)cc1. The first kappa shape index (κ1) is 21.0. The summed E-state index contributed by atoms with van der Waals surface area (Å²) in [7, 11) is -3.52. The number of benzene rings is 2. The number of aliphatic imine (C=N–C) groups is 1. The fourth-order valence-electron chi connectivity index (χ4n) is 4.12. The second kappa shape index (κ2) is 8.45. The van der Waals surface area contributed by atoms with Gasteiger partial charge in [0.05, 0.1) is 17.0 Å². The maximum Gasteiger partial charge on any atom is 0.243 e. The van der Waals surface area contributed by atoms with Gasteiger partial charge in [-0.15, -0.1) is 0 Å². The van der Waals surface area contributed by atoms with Gasteiger partial charge in [-0.1, -0.05) is 35.9 Å². The Labute approximate surface area is 177 Å². The number of halogens is 1. The minimum atomic E-state index is -3.52. The van der Waals surface area contributed by atoms with E-state index in [0.29, 0.717) is 49.5 Å². The van der Waals surface area contributed by atoms with Crippen LogP contribution in [0.3, 0.4) is 0 Å². The predicted octanol–water partition coefficient (Wildman–Crippen LogP) is 2.45.